The average molecular weight is 190 g/mol. The van der Waals surface area contributed by atoms with Crippen LogP contribution < -0.4 is 0 Å². The second-order valence-electron chi connectivity index (χ2n) is 2.71. The Hall–Kier alpha value is -0.940. The van der Waals surface area contributed by atoms with E-state index >= 15 is 0 Å². The molecule has 5 nitrogen and oxygen atoms in total. The lowest BCUT2D eigenvalue weighted by Gasteiger charge is -2.15. The molecule has 0 aromatic rings. The molecule has 2 atom stereocenters. The van der Waals surface area contributed by atoms with Crippen LogP contribution in [0.25, 0.3) is 0 Å². The Morgan fingerprint density at radius 3 is 2.54 bits per heavy atom. The molecule has 0 aromatic carbocycles. The molecule has 0 rings (SSSR count). The van der Waals surface area contributed by atoms with Gasteiger partial charge in [-0.25, -0.2) is 0 Å². The first-order valence-corrected chi connectivity index (χ1v) is 4.11. The van der Waals surface area contributed by atoms with Crippen molar-refractivity contribution in [2.75, 3.05) is 0 Å². The zero-order chi connectivity index (χ0) is 10.3. The van der Waals surface area contributed by atoms with E-state index in [1.807, 2.05) is 6.92 Å². The van der Waals surface area contributed by atoms with E-state index in [2.05, 4.69) is 4.74 Å². The van der Waals surface area contributed by atoms with Gasteiger partial charge in [0.2, 0.25) is 0 Å². The lowest BCUT2D eigenvalue weighted by molar-refractivity contribution is -0.154. The summed E-state index contributed by atoms with van der Waals surface area (Å²) in [5, 5.41) is 18.4. The summed E-state index contributed by atoms with van der Waals surface area (Å²) in [5.74, 6) is -0.836. The van der Waals surface area contributed by atoms with Crippen molar-refractivity contribution < 1.29 is 24.5 Å². The highest BCUT2D eigenvalue weighted by atomic mass is 16.6. The quantitative estimate of drug-likeness (QED) is 0.338. The standard InChI is InChI=1S/C8H14O5/c1-2-3-6(10)7(11)4-8(12)13-5-9/h5-7,10-11H,2-4H2,1H3. The van der Waals surface area contributed by atoms with E-state index in [0.717, 1.165) is 0 Å². The van der Waals surface area contributed by atoms with Crippen molar-refractivity contribution in [1.82, 2.24) is 0 Å². The number of aliphatic hydroxyl groups is 2. The minimum atomic E-state index is -1.16. The highest BCUT2D eigenvalue weighted by Gasteiger charge is 2.19. The van der Waals surface area contributed by atoms with E-state index in [-0.39, 0.29) is 12.9 Å². The Bertz CT molecular complexity index is 168. The average Bonchev–Trinajstić information content (AvgIpc) is 2.05. The van der Waals surface area contributed by atoms with Crippen LogP contribution in [0.1, 0.15) is 26.2 Å². The zero-order valence-electron chi connectivity index (χ0n) is 7.47. The molecule has 76 valence electrons. The van der Waals surface area contributed by atoms with E-state index in [9.17, 15) is 19.8 Å². The van der Waals surface area contributed by atoms with Gasteiger partial charge in [0.25, 0.3) is 0 Å². The topological polar surface area (TPSA) is 83.8 Å². The van der Waals surface area contributed by atoms with Gasteiger partial charge in [0.1, 0.15) is 0 Å². The Labute approximate surface area is 76.3 Å². The third-order valence-corrected chi connectivity index (χ3v) is 1.58. The number of carbonyl (C=O) groups excluding carboxylic acids is 2. The summed E-state index contributed by atoms with van der Waals surface area (Å²) in [6.45, 7) is 1.85. The SMILES string of the molecule is CCCC(O)C(O)CC(=O)OC=O. The molecule has 0 aliphatic heterocycles. The predicted octanol–water partition coefficient (Wildman–Crippen LogP) is -0.402. The summed E-state index contributed by atoms with van der Waals surface area (Å²) in [6.07, 6.45) is -1.34. The maximum Gasteiger partial charge on any atom is 0.315 e. The molecule has 0 fully saturated rings. The van der Waals surface area contributed by atoms with Crippen molar-refractivity contribution in [3.05, 3.63) is 0 Å². The van der Waals surface area contributed by atoms with Crippen molar-refractivity contribution in [1.29, 1.82) is 0 Å². The van der Waals surface area contributed by atoms with Crippen molar-refractivity contribution in [2.45, 2.75) is 38.4 Å². The van der Waals surface area contributed by atoms with E-state index in [1.165, 1.54) is 0 Å². The van der Waals surface area contributed by atoms with Crippen LogP contribution in [-0.2, 0) is 14.3 Å². The fourth-order valence-corrected chi connectivity index (χ4v) is 0.897. The van der Waals surface area contributed by atoms with Crippen molar-refractivity contribution >= 4 is 12.4 Å². The van der Waals surface area contributed by atoms with E-state index in [0.29, 0.717) is 12.8 Å². The molecular weight excluding hydrogens is 176 g/mol. The summed E-state index contributed by atoms with van der Waals surface area (Å²) >= 11 is 0. The third-order valence-electron chi connectivity index (χ3n) is 1.58. The first-order chi connectivity index (χ1) is 6.11. The fraction of sp³-hybridized carbons (Fsp3) is 0.750. The smallest absolute Gasteiger partial charge is 0.315 e. The third kappa shape index (κ3) is 5.32. The number of hydrogen-bond acceptors (Lipinski definition) is 5. The van der Waals surface area contributed by atoms with Crippen LogP contribution in [0.5, 0.6) is 0 Å². The van der Waals surface area contributed by atoms with Crippen LogP contribution in [0.2, 0.25) is 0 Å². The number of hydrogen-bond donors (Lipinski definition) is 2. The maximum atomic E-state index is 10.6. The van der Waals surface area contributed by atoms with Crippen LogP contribution in [0, 0.1) is 0 Å². The van der Waals surface area contributed by atoms with Gasteiger partial charge < -0.3 is 14.9 Å². The van der Waals surface area contributed by atoms with Gasteiger partial charge in [0, 0.05) is 0 Å². The van der Waals surface area contributed by atoms with Gasteiger partial charge in [-0.3, -0.25) is 9.59 Å². The highest BCUT2D eigenvalue weighted by Crippen LogP contribution is 2.06. The molecule has 0 aliphatic carbocycles. The van der Waals surface area contributed by atoms with Crippen molar-refractivity contribution in [2.24, 2.45) is 0 Å². The Morgan fingerprint density at radius 1 is 1.46 bits per heavy atom. The van der Waals surface area contributed by atoms with E-state index in [1.54, 1.807) is 0 Å². The van der Waals surface area contributed by atoms with E-state index < -0.39 is 18.2 Å². The first kappa shape index (κ1) is 12.1. The van der Waals surface area contributed by atoms with Gasteiger partial charge in [-0.05, 0) is 6.42 Å². The van der Waals surface area contributed by atoms with Gasteiger partial charge in [-0.15, -0.1) is 0 Å². The summed E-state index contributed by atoms with van der Waals surface area (Å²) in [4.78, 5) is 20.3. The number of rotatable bonds is 6. The van der Waals surface area contributed by atoms with Crippen LogP contribution in [0.15, 0.2) is 0 Å². The molecule has 0 spiro atoms. The second kappa shape index (κ2) is 6.56. The van der Waals surface area contributed by atoms with Crippen LogP contribution in [0.4, 0.5) is 0 Å². The molecule has 2 unspecified atom stereocenters. The van der Waals surface area contributed by atoms with Gasteiger partial charge in [-0.1, -0.05) is 13.3 Å². The molecule has 0 aromatic heterocycles. The molecule has 0 saturated heterocycles. The van der Waals surface area contributed by atoms with E-state index in [4.69, 9.17) is 0 Å². The molecule has 0 bridgehead atoms. The Kier molecular flexibility index (Phi) is 6.09. The van der Waals surface area contributed by atoms with Crippen LogP contribution in [-0.4, -0.2) is 34.9 Å². The minimum Gasteiger partial charge on any atom is -0.395 e. The minimum absolute atomic E-state index is 0.00125. The molecular formula is C8H14O5. The lowest BCUT2D eigenvalue weighted by Crippen LogP contribution is -2.28. The maximum absolute atomic E-state index is 10.6. The summed E-state index contributed by atoms with van der Waals surface area (Å²) < 4.78 is 3.95. The summed E-state index contributed by atoms with van der Waals surface area (Å²) in [5.41, 5.74) is 0. The Morgan fingerprint density at radius 2 is 2.08 bits per heavy atom. The normalized spacial score (nSPS) is 14.7. The molecule has 0 saturated carbocycles. The highest BCUT2D eigenvalue weighted by molar-refractivity contribution is 5.76. The number of carbonyl (C=O) groups is 2. The first-order valence-electron chi connectivity index (χ1n) is 4.11. The Balaban J connectivity index is 3.77. The van der Waals surface area contributed by atoms with Crippen LogP contribution in [0.3, 0.4) is 0 Å². The lowest BCUT2D eigenvalue weighted by atomic mass is 10.1. The van der Waals surface area contributed by atoms with Gasteiger partial charge in [-0.2, -0.15) is 0 Å². The van der Waals surface area contributed by atoms with Gasteiger partial charge in [0.05, 0.1) is 18.6 Å². The second-order valence-corrected chi connectivity index (χ2v) is 2.71. The summed E-state index contributed by atoms with van der Waals surface area (Å²) in [6, 6.07) is 0. The monoisotopic (exact) mass is 190 g/mol. The zero-order valence-corrected chi connectivity index (χ0v) is 7.47. The molecule has 0 heterocycles. The molecule has 0 radical (unpaired) electrons. The number of esters is 1. The predicted molar refractivity (Wildman–Crippen MR) is 43.7 cm³/mol. The molecule has 0 aliphatic rings. The molecule has 2 N–H and O–H groups in total. The molecule has 5 heteroatoms. The molecule has 0 amide bonds. The summed E-state index contributed by atoms with van der Waals surface area (Å²) in [7, 11) is 0. The van der Waals surface area contributed by atoms with Gasteiger partial charge in [0.15, 0.2) is 0 Å². The van der Waals surface area contributed by atoms with Gasteiger partial charge >= 0.3 is 12.4 Å². The fourth-order valence-electron chi connectivity index (χ4n) is 0.897. The van der Waals surface area contributed by atoms with Crippen LogP contribution >= 0.6 is 0 Å². The number of aliphatic hydroxyl groups excluding tert-OH is 2. The van der Waals surface area contributed by atoms with Crippen molar-refractivity contribution in [3.8, 4) is 0 Å². The molecule has 13 heavy (non-hydrogen) atoms. The largest absolute Gasteiger partial charge is 0.395 e. The van der Waals surface area contributed by atoms with Crippen molar-refractivity contribution in [3.63, 3.8) is 0 Å². The number of ether oxygens (including phenoxy) is 1.